The molecule has 0 aliphatic carbocycles. The molecule has 0 aliphatic rings. The normalized spacial score (nSPS) is 11.8. The molecule has 6 nitrogen and oxygen atoms in total. The Kier molecular flexibility index (Phi) is 4.82. The summed E-state index contributed by atoms with van der Waals surface area (Å²) >= 11 is 0. The molecule has 0 radical (unpaired) electrons. The van der Waals surface area contributed by atoms with Gasteiger partial charge in [-0.25, -0.2) is 4.98 Å². The molecule has 0 aliphatic heterocycles. The first-order chi connectivity index (χ1) is 8.80. The van der Waals surface area contributed by atoms with Crippen molar-refractivity contribution in [2.75, 3.05) is 6.61 Å². The lowest BCUT2D eigenvalue weighted by Crippen LogP contribution is -2.21. The summed E-state index contributed by atoms with van der Waals surface area (Å²) in [7, 11) is 2.74. The van der Waals surface area contributed by atoms with Crippen LogP contribution in [0.15, 0.2) is 23.4 Å². The van der Waals surface area contributed by atoms with Crippen LogP contribution in [0.25, 0.3) is 0 Å². The molecule has 18 heavy (non-hydrogen) atoms. The Hall–Kier alpha value is -1.28. The van der Waals surface area contributed by atoms with Crippen LogP contribution in [-0.4, -0.2) is 27.7 Å². The molecule has 98 valence electrons. The van der Waals surface area contributed by atoms with Crippen LogP contribution in [-0.2, 0) is 9.53 Å². The number of hydrogen-bond donors (Lipinski definition) is 0. The maximum atomic E-state index is 10.5. The number of hydrogen-bond acceptors (Lipinski definition) is 7. The molecule has 0 saturated carbocycles. The lowest BCUT2D eigenvalue weighted by molar-refractivity contribution is -0.385. The fourth-order valence-corrected chi connectivity index (χ4v) is 2.92. The van der Waals surface area contributed by atoms with Gasteiger partial charge in [0, 0.05) is 6.07 Å². The number of nitro groups is 1. The maximum absolute atomic E-state index is 10.5. The van der Waals surface area contributed by atoms with Gasteiger partial charge in [0.25, 0.3) is 12.1 Å². The predicted molar refractivity (Wildman–Crippen MR) is 70.4 cm³/mol. The van der Waals surface area contributed by atoms with E-state index in [1.807, 2.05) is 13.8 Å². The van der Waals surface area contributed by atoms with Crippen LogP contribution in [0.1, 0.15) is 15.2 Å². The quantitative estimate of drug-likeness (QED) is 0.344. The van der Waals surface area contributed by atoms with E-state index in [1.165, 1.54) is 33.9 Å². The van der Waals surface area contributed by atoms with Crippen molar-refractivity contribution in [3.05, 3.63) is 28.4 Å². The van der Waals surface area contributed by atoms with Crippen molar-refractivity contribution in [3.8, 4) is 0 Å². The van der Waals surface area contributed by atoms with Gasteiger partial charge >= 0.3 is 0 Å². The van der Waals surface area contributed by atoms with Crippen molar-refractivity contribution in [2.45, 2.75) is 23.6 Å². The van der Waals surface area contributed by atoms with Crippen molar-refractivity contribution in [2.24, 2.45) is 0 Å². The summed E-state index contributed by atoms with van der Waals surface area (Å²) in [4.78, 5) is 24.3. The molecule has 0 fully saturated rings. The van der Waals surface area contributed by atoms with Crippen molar-refractivity contribution < 1.29 is 15.8 Å². The highest BCUT2D eigenvalue weighted by Crippen LogP contribution is 2.40. The molecular weight excluding hydrogens is 276 g/mol. The van der Waals surface area contributed by atoms with Crippen LogP contribution < -0.4 is 0 Å². The highest BCUT2D eigenvalue weighted by atomic mass is 33.1. The Morgan fingerprint density at radius 2 is 2.39 bits per heavy atom. The van der Waals surface area contributed by atoms with E-state index in [2.05, 4.69) is 9.72 Å². The third kappa shape index (κ3) is 4.92. The Morgan fingerprint density at radius 3 is 2.89 bits per heavy atom. The van der Waals surface area contributed by atoms with Gasteiger partial charge in [-0.3, -0.25) is 14.9 Å². The van der Waals surface area contributed by atoms with Crippen molar-refractivity contribution >= 4 is 33.7 Å². The Balaban J connectivity index is 2.51. The Labute approximate surface area is 113 Å². The molecule has 1 rings (SSSR count). The third-order valence-corrected chi connectivity index (χ3v) is 4.94. The molecule has 0 spiro atoms. The van der Waals surface area contributed by atoms with Crippen LogP contribution in [0.3, 0.4) is 0 Å². The second-order valence-corrected chi connectivity index (χ2v) is 6.77. The number of carbonyl (C=O) groups is 1. The van der Waals surface area contributed by atoms with E-state index in [-0.39, 0.29) is 17.0 Å². The zero-order valence-electron chi connectivity index (χ0n) is 10.8. The lowest BCUT2D eigenvalue weighted by atomic mass is 10.2. The fourth-order valence-electron chi connectivity index (χ4n) is 0.913. The molecular formula is C10H12N2O4S2. The van der Waals surface area contributed by atoms with Gasteiger partial charge in [-0.2, -0.15) is 0 Å². The van der Waals surface area contributed by atoms with Crippen molar-refractivity contribution in [1.82, 2.24) is 4.98 Å². The number of pyridine rings is 1. The summed E-state index contributed by atoms with van der Waals surface area (Å²) in [5, 5.41) is 11.1. The van der Waals surface area contributed by atoms with E-state index in [4.69, 9.17) is 1.37 Å². The first kappa shape index (κ1) is 13.2. The van der Waals surface area contributed by atoms with E-state index in [0.29, 0.717) is 5.03 Å². The molecule has 1 heterocycles. The summed E-state index contributed by atoms with van der Waals surface area (Å²) < 4.78 is 10.9. The van der Waals surface area contributed by atoms with Crippen LogP contribution in [0.2, 0.25) is 0 Å². The molecule has 0 saturated heterocycles. The van der Waals surface area contributed by atoms with Gasteiger partial charge in [0.1, 0.15) is 17.8 Å². The molecule has 0 amide bonds. The summed E-state index contributed by atoms with van der Waals surface area (Å²) in [6, 6.07) is 2.94. The maximum Gasteiger partial charge on any atom is 0.293 e. The van der Waals surface area contributed by atoms with Crippen LogP contribution in [0.4, 0.5) is 5.69 Å². The SMILES string of the molecule is [2H]C(=O)OCC(C)(C)SSc1ccc([N+](=O)[O-])cn1. The summed E-state index contributed by atoms with van der Waals surface area (Å²) in [6.45, 7) is 3.83. The third-order valence-electron chi connectivity index (χ3n) is 1.76. The lowest BCUT2D eigenvalue weighted by Gasteiger charge is -2.20. The minimum atomic E-state index is -1.06. The van der Waals surface area contributed by atoms with Gasteiger partial charge in [0.05, 0.1) is 9.67 Å². The molecule has 8 heteroatoms. The molecule has 1 aromatic heterocycles. The molecule has 0 N–H and O–H groups in total. The highest BCUT2D eigenvalue weighted by molar-refractivity contribution is 8.77. The van der Waals surface area contributed by atoms with E-state index >= 15 is 0 Å². The number of rotatable bonds is 6. The van der Waals surface area contributed by atoms with Gasteiger partial charge in [0.2, 0.25) is 0 Å². The van der Waals surface area contributed by atoms with Crippen LogP contribution in [0.5, 0.6) is 0 Å². The number of ether oxygens (including phenoxy) is 1. The minimum Gasteiger partial charge on any atom is -0.466 e. The van der Waals surface area contributed by atoms with Gasteiger partial charge in [-0.15, -0.1) is 0 Å². The average Bonchev–Trinajstić information content (AvgIpc) is 2.35. The number of aromatic nitrogens is 1. The molecule has 0 aromatic carbocycles. The van der Waals surface area contributed by atoms with E-state index in [0.717, 1.165) is 0 Å². The first-order valence-corrected chi connectivity index (χ1v) is 7.05. The molecule has 0 unspecified atom stereocenters. The second kappa shape index (κ2) is 6.60. The van der Waals surface area contributed by atoms with E-state index < -0.39 is 11.4 Å². The first-order valence-electron chi connectivity index (χ1n) is 5.40. The largest absolute Gasteiger partial charge is 0.466 e. The molecule has 1 aromatic rings. The number of nitrogens with zero attached hydrogens (tertiary/aromatic N) is 2. The van der Waals surface area contributed by atoms with Crippen molar-refractivity contribution in [1.29, 1.82) is 0 Å². The smallest absolute Gasteiger partial charge is 0.293 e. The summed E-state index contributed by atoms with van der Waals surface area (Å²) in [5.41, 5.74) is -0.0586. The van der Waals surface area contributed by atoms with Crippen molar-refractivity contribution in [3.63, 3.8) is 0 Å². The predicted octanol–water partition coefficient (Wildman–Crippen LogP) is 2.68. The zero-order valence-corrected chi connectivity index (χ0v) is 11.4. The van der Waals surface area contributed by atoms with Gasteiger partial charge < -0.3 is 4.74 Å². The summed E-state index contributed by atoms with van der Waals surface area (Å²) in [6.07, 6.45) is 0.131. The van der Waals surface area contributed by atoms with Crippen LogP contribution >= 0.6 is 21.6 Å². The van der Waals surface area contributed by atoms with E-state index in [1.54, 1.807) is 6.07 Å². The van der Waals surface area contributed by atoms with Gasteiger partial charge in [-0.1, -0.05) is 10.8 Å². The molecule has 0 bridgehead atoms. The second-order valence-electron chi connectivity index (χ2n) is 3.91. The van der Waals surface area contributed by atoms with Crippen LogP contribution in [0, 0.1) is 10.1 Å². The standard InChI is InChI=1S/C10H12N2O4S2/c1-10(2,6-16-7-13)18-17-9-4-3-8(5-11-9)12(14)15/h3-5,7H,6H2,1-2H3/i7D. The fraction of sp³-hybridized carbons (Fsp3) is 0.400. The topological polar surface area (TPSA) is 82.3 Å². The monoisotopic (exact) mass is 289 g/mol. The minimum absolute atomic E-state index is 0.0586. The Bertz CT molecular complexity index is 467. The van der Waals surface area contributed by atoms with Gasteiger partial charge in [-0.05, 0) is 30.7 Å². The highest BCUT2D eigenvalue weighted by Gasteiger charge is 2.20. The molecule has 0 atom stereocenters. The number of carbonyl (C=O) groups excluding carboxylic acids is 1. The zero-order chi connectivity index (χ0) is 14.5. The van der Waals surface area contributed by atoms with E-state index in [9.17, 15) is 14.9 Å². The Morgan fingerprint density at radius 1 is 1.67 bits per heavy atom. The summed E-state index contributed by atoms with van der Waals surface area (Å²) in [5.74, 6) is 0. The average molecular weight is 289 g/mol. The van der Waals surface area contributed by atoms with Gasteiger partial charge in [0.15, 0.2) is 1.37 Å².